The zero-order valence-corrected chi connectivity index (χ0v) is 13.3. The summed E-state index contributed by atoms with van der Waals surface area (Å²) in [4.78, 5) is 9.35. The van der Waals surface area contributed by atoms with E-state index < -0.39 is 0 Å². The number of anilines is 1. The van der Waals surface area contributed by atoms with Gasteiger partial charge in [0, 0.05) is 24.9 Å². The van der Waals surface area contributed by atoms with Crippen LogP contribution in [-0.4, -0.2) is 23.6 Å². The molecule has 0 aliphatic rings. The molecule has 0 saturated heterocycles. The van der Waals surface area contributed by atoms with Crippen molar-refractivity contribution in [2.75, 3.05) is 19.0 Å². The van der Waals surface area contributed by atoms with Crippen LogP contribution in [0.25, 0.3) is 0 Å². The number of nitrogens with zero attached hydrogens (tertiary/aromatic N) is 2. The molecule has 1 N–H and O–H groups in total. The first-order valence-electron chi connectivity index (χ1n) is 7.01. The van der Waals surface area contributed by atoms with Gasteiger partial charge in [-0.25, -0.2) is 9.97 Å². The summed E-state index contributed by atoms with van der Waals surface area (Å²) in [5.41, 5.74) is 2.18. The molecule has 0 aromatic carbocycles. The SMILES string of the molecule is CCOC(c1nc(CC)c(C)c(NC)n1)C(C)(C)C. The number of aromatic nitrogens is 2. The zero-order chi connectivity index (χ0) is 14.6. The summed E-state index contributed by atoms with van der Waals surface area (Å²) in [7, 11) is 1.89. The van der Waals surface area contributed by atoms with E-state index in [1.165, 1.54) is 0 Å². The van der Waals surface area contributed by atoms with E-state index in [1.807, 2.05) is 14.0 Å². The first-order chi connectivity index (χ1) is 8.85. The van der Waals surface area contributed by atoms with Crippen molar-refractivity contribution in [2.45, 2.75) is 54.1 Å². The molecule has 0 aliphatic carbocycles. The van der Waals surface area contributed by atoms with Gasteiger partial charge in [0.2, 0.25) is 0 Å². The molecular formula is C15H27N3O. The minimum Gasteiger partial charge on any atom is -0.373 e. The van der Waals surface area contributed by atoms with Crippen LogP contribution < -0.4 is 5.32 Å². The molecule has 0 spiro atoms. The highest BCUT2D eigenvalue weighted by Gasteiger charge is 2.30. The van der Waals surface area contributed by atoms with Crippen LogP contribution in [0.5, 0.6) is 0 Å². The summed E-state index contributed by atoms with van der Waals surface area (Å²) in [6.45, 7) is 13.3. The van der Waals surface area contributed by atoms with Crippen molar-refractivity contribution in [1.82, 2.24) is 9.97 Å². The molecule has 0 radical (unpaired) electrons. The van der Waals surface area contributed by atoms with E-state index in [2.05, 4.69) is 44.9 Å². The normalized spacial score (nSPS) is 13.4. The molecule has 0 bridgehead atoms. The molecule has 1 aromatic heterocycles. The van der Waals surface area contributed by atoms with Gasteiger partial charge in [-0.3, -0.25) is 0 Å². The van der Waals surface area contributed by atoms with Gasteiger partial charge in [-0.05, 0) is 25.7 Å². The molecule has 4 nitrogen and oxygen atoms in total. The van der Waals surface area contributed by atoms with Gasteiger partial charge in [0.15, 0.2) is 5.82 Å². The van der Waals surface area contributed by atoms with E-state index in [0.717, 1.165) is 29.3 Å². The lowest BCUT2D eigenvalue weighted by molar-refractivity contribution is -0.0191. The van der Waals surface area contributed by atoms with E-state index in [-0.39, 0.29) is 11.5 Å². The van der Waals surface area contributed by atoms with Gasteiger partial charge in [-0.15, -0.1) is 0 Å². The second kappa shape index (κ2) is 6.33. The Bertz CT molecular complexity index is 399. The predicted octanol–water partition coefficient (Wildman–Crippen LogP) is 3.51. The summed E-state index contributed by atoms with van der Waals surface area (Å²) in [6, 6.07) is 0. The van der Waals surface area contributed by atoms with Crippen LogP contribution in [0, 0.1) is 12.3 Å². The number of hydrogen-bond donors (Lipinski definition) is 1. The predicted molar refractivity (Wildman–Crippen MR) is 79.5 cm³/mol. The smallest absolute Gasteiger partial charge is 0.160 e. The largest absolute Gasteiger partial charge is 0.373 e. The maximum absolute atomic E-state index is 5.88. The van der Waals surface area contributed by atoms with Crippen LogP contribution in [-0.2, 0) is 11.2 Å². The number of ether oxygens (including phenoxy) is 1. The van der Waals surface area contributed by atoms with Crippen molar-refractivity contribution in [2.24, 2.45) is 5.41 Å². The van der Waals surface area contributed by atoms with Crippen molar-refractivity contribution in [3.05, 3.63) is 17.1 Å². The quantitative estimate of drug-likeness (QED) is 0.885. The van der Waals surface area contributed by atoms with Crippen molar-refractivity contribution < 1.29 is 4.74 Å². The zero-order valence-electron chi connectivity index (χ0n) is 13.3. The molecule has 1 unspecified atom stereocenters. The van der Waals surface area contributed by atoms with Crippen LogP contribution in [0.2, 0.25) is 0 Å². The van der Waals surface area contributed by atoms with Gasteiger partial charge in [-0.2, -0.15) is 0 Å². The highest BCUT2D eigenvalue weighted by atomic mass is 16.5. The van der Waals surface area contributed by atoms with Crippen molar-refractivity contribution in [3.63, 3.8) is 0 Å². The van der Waals surface area contributed by atoms with Gasteiger partial charge >= 0.3 is 0 Å². The van der Waals surface area contributed by atoms with Gasteiger partial charge in [-0.1, -0.05) is 27.7 Å². The third-order valence-corrected chi connectivity index (χ3v) is 3.19. The Morgan fingerprint density at radius 1 is 1.21 bits per heavy atom. The van der Waals surface area contributed by atoms with E-state index in [1.54, 1.807) is 0 Å². The van der Waals surface area contributed by atoms with Crippen LogP contribution in [0.3, 0.4) is 0 Å². The van der Waals surface area contributed by atoms with E-state index >= 15 is 0 Å². The number of hydrogen-bond acceptors (Lipinski definition) is 4. The first-order valence-corrected chi connectivity index (χ1v) is 7.01. The van der Waals surface area contributed by atoms with Crippen LogP contribution in [0.4, 0.5) is 5.82 Å². The molecule has 0 saturated carbocycles. The van der Waals surface area contributed by atoms with Crippen LogP contribution in [0.1, 0.15) is 57.8 Å². The minimum absolute atomic E-state index is 0.0265. The fraction of sp³-hybridized carbons (Fsp3) is 0.733. The average molecular weight is 265 g/mol. The summed E-state index contributed by atoms with van der Waals surface area (Å²) in [5, 5.41) is 3.15. The number of rotatable bonds is 5. The third-order valence-electron chi connectivity index (χ3n) is 3.19. The first kappa shape index (κ1) is 15.9. The molecule has 1 rings (SSSR count). The second-order valence-electron chi connectivity index (χ2n) is 5.81. The summed E-state index contributed by atoms with van der Waals surface area (Å²) in [5.74, 6) is 1.68. The monoisotopic (exact) mass is 265 g/mol. The van der Waals surface area contributed by atoms with Crippen molar-refractivity contribution >= 4 is 5.82 Å². The molecule has 1 aromatic rings. The molecule has 108 valence electrons. The summed E-state index contributed by atoms with van der Waals surface area (Å²) >= 11 is 0. The molecule has 19 heavy (non-hydrogen) atoms. The highest BCUT2D eigenvalue weighted by molar-refractivity contribution is 5.45. The highest BCUT2D eigenvalue weighted by Crippen LogP contribution is 2.35. The second-order valence-corrected chi connectivity index (χ2v) is 5.81. The Hall–Kier alpha value is -1.16. The van der Waals surface area contributed by atoms with Crippen molar-refractivity contribution in [3.8, 4) is 0 Å². The fourth-order valence-corrected chi connectivity index (χ4v) is 2.17. The number of nitrogens with one attached hydrogen (secondary N) is 1. The molecule has 1 heterocycles. The lowest BCUT2D eigenvalue weighted by Crippen LogP contribution is -2.24. The topological polar surface area (TPSA) is 47.0 Å². The maximum atomic E-state index is 5.88. The van der Waals surface area contributed by atoms with Gasteiger partial charge < -0.3 is 10.1 Å². The number of aryl methyl sites for hydroxylation is 1. The van der Waals surface area contributed by atoms with Gasteiger partial charge in [0.05, 0.1) is 0 Å². The average Bonchev–Trinajstić information content (AvgIpc) is 2.35. The fourth-order valence-electron chi connectivity index (χ4n) is 2.17. The Labute approximate surface area is 117 Å². The molecule has 0 amide bonds. The minimum atomic E-state index is -0.0875. The molecule has 1 atom stereocenters. The lowest BCUT2D eigenvalue weighted by Gasteiger charge is -2.29. The lowest BCUT2D eigenvalue weighted by atomic mass is 9.88. The Kier molecular flexibility index (Phi) is 5.29. The molecular weight excluding hydrogens is 238 g/mol. The molecule has 0 aliphatic heterocycles. The van der Waals surface area contributed by atoms with Crippen LogP contribution >= 0.6 is 0 Å². The summed E-state index contributed by atoms with van der Waals surface area (Å²) < 4.78 is 5.88. The standard InChI is InChI=1S/C15H27N3O/c1-8-11-10(3)13(16-7)18-14(17-11)12(19-9-2)15(4,5)6/h12H,8-9H2,1-7H3,(H,16,17,18). The third kappa shape index (κ3) is 3.66. The van der Waals surface area contributed by atoms with E-state index in [4.69, 9.17) is 9.72 Å². The molecule has 4 heteroatoms. The van der Waals surface area contributed by atoms with Gasteiger partial charge in [0.25, 0.3) is 0 Å². The maximum Gasteiger partial charge on any atom is 0.160 e. The van der Waals surface area contributed by atoms with E-state index in [9.17, 15) is 0 Å². The van der Waals surface area contributed by atoms with Crippen molar-refractivity contribution in [1.29, 1.82) is 0 Å². The Balaban J connectivity index is 3.31. The Morgan fingerprint density at radius 3 is 2.26 bits per heavy atom. The molecule has 0 fully saturated rings. The van der Waals surface area contributed by atoms with Crippen LogP contribution in [0.15, 0.2) is 0 Å². The Morgan fingerprint density at radius 2 is 1.84 bits per heavy atom. The van der Waals surface area contributed by atoms with Gasteiger partial charge in [0.1, 0.15) is 11.9 Å². The summed E-state index contributed by atoms with van der Waals surface area (Å²) in [6.07, 6.45) is 0.814. The van der Waals surface area contributed by atoms with E-state index in [0.29, 0.717) is 6.61 Å².